The van der Waals surface area contributed by atoms with Crippen molar-refractivity contribution in [2.24, 2.45) is 5.10 Å². The summed E-state index contributed by atoms with van der Waals surface area (Å²) in [6, 6.07) is 9.88. The van der Waals surface area contributed by atoms with E-state index in [1.807, 2.05) is 19.9 Å². The Morgan fingerprint density at radius 1 is 1.30 bits per heavy atom. The zero-order valence-corrected chi connectivity index (χ0v) is 18.4. The predicted octanol–water partition coefficient (Wildman–Crippen LogP) is 4.86. The molecule has 8 nitrogen and oxygen atoms in total. The van der Waals surface area contributed by atoms with E-state index in [0.29, 0.717) is 28.9 Å². The summed E-state index contributed by atoms with van der Waals surface area (Å²) < 4.78 is 7.34. The first-order valence-electron chi connectivity index (χ1n) is 9.53. The van der Waals surface area contributed by atoms with Crippen LogP contribution in [0, 0.1) is 10.1 Å². The van der Waals surface area contributed by atoms with E-state index in [9.17, 15) is 14.9 Å². The number of hydrogen-bond acceptors (Lipinski definition) is 6. The van der Waals surface area contributed by atoms with Crippen molar-refractivity contribution in [3.63, 3.8) is 0 Å². The van der Waals surface area contributed by atoms with Crippen molar-refractivity contribution in [3.05, 3.63) is 72.7 Å². The van der Waals surface area contributed by atoms with Crippen LogP contribution >= 0.6 is 15.9 Å². The lowest BCUT2D eigenvalue weighted by molar-refractivity contribution is -0.385. The Morgan fingerprint density at radius 2 is 2.07 bits per heavy atom. The molecule has 0 fully saturated rings. The van der Waals surface area contributed by atoms with E-state index in [0.717, 1.165) is 10.9 Å². The number of aromatic nitrogens is 2. The molecule has 0 radical (unpaired) electrons. The molecule has 3 aromatic rings. The Kier molecular flexibility index (Phi) is 6.61. The molecule has 0 aliphatic heterocycles. The molecular weight excluding hydrogens is 452 g/mol. The minimum Gasteiger partial charge on any atom is -0.487 e. The Bertz CT molecular complexity index is 1190. The lowest BCUT2D eigenvalue weighted by atomic mass is 10.1. The van der Waals surface area contributed by atoms with Crippen LogP contribution in [0.4, 0.5) is 5.69 Å². The van der Waals surface area contributed by atoms with Gasteiger partial charge in [-0.15, -0.1) is 0 Å². The van der Waals surface area contributed by atoms with Crippen molar-refractivity contribution in [3.8, 4) is 5.75 Å². The number of ether oxygens (including phenoxy) is 1. The molecule has 0 unspecified atom stereocenters. The van der Waals surface area contributed by atoms with E-state index in [1.165, 1.54) is 23.0 Å². The third-order valence-electron chi connectivity index (χ3n) is 4.69. The summed E-state index contributed by atoms with van der Waals surface area (Å²) in [5, 5.41) is 16.1. The summed E-state index contributed by atoms with van der Waals surface area (Å²) in [5.74, 6) is 0.723. The first-order chi connectivity index (χ1) is 14.3. The molecule has 2 aromatic carbocycles. The molecule has 0 aliphatic rings. The summed E-state index contributed by atoms with van der Waals surface area (Å²) in [6.45, 7) is 6.06. The molecule has 9 heteroatoms. The van der Waals surface area contributed by atoms with Crippen LogP contribution in [0.1, 0.15) is 44.5 Å². The Morgan fingerprint density at radius 3 is 2.73 bits per heavy atom. The molecule has 0 bridgehead atoms. The van der Waals surface area contributed by atoms with Crippen molar-refractivity contribution >= 4 is 38.7 Å². The number of benzene rings is 2. The van der Waals surface area contributed by atoms with Gasteiger partial charge in [0, 0.05) is 22.0 Å². The number of fused-ring (bicyclic) bond motifs is 1. The first kappa shape index (κ1) is 21.6. The van der Waals surface area contributed by atoms with Crippen LogP contribution in [0.15, 0.2) is 50.8 Å². The van der Waals surface area contributed by atoms with Crippen LogP contribution < -0.4 is 10.3 Å². The van der Waals surface area contributed by atoms with E-state index in [1.54, 1.807) is 25.1 Å². The fourth-order valence-corrected chi connectivity index (χ4v) is 3.30. The highest BCUT2D eigenvalue weighted by Gasteiger charge is 2.17. The van der Waals surface area contributed by atoms with Crippen molar-refractivity contribution in [1.82, 2.24) is 9.66 Å². The molecule has 0 saturated heterocycles. The van der Waals surface area contributed by atoms with Gasteiger partial charge in [-0.3, -0.25) is 14.9 Å². The summed E-state index contributed by atoms with van der Waals surface area (Å²) in [4.78, 5) is 28.6. The van der Waals surface area contributed by atoms with Gasteiger partial charge >= 0.3 is 5.69 Å². The SMILES string of the molecule is CCOc1ccc(C=Nn2c([C@H](C)CC)nc3ccc(Br)cc3c2=O)cc1[N+](=O)[O-]. The Hall–Kier alpha value is -3.07. The first-order valence-corrected chi connectivity index (χ1v) is 10.3. The maximum absolute atomic E-state index is 13.1. The topological polar surface area (TPSA) is 99.6 Å². The Labute approximate surface area is 181 Å². The van der Waals surface area contributed by atoms with Gasteiger partial charge in [0.15, 0.2) is 5.75 Å². The average Bonchev–Trinajstić information content (AvgIpc) is 2.73. The molecule has 156 valence electrons. The summed E-state index contributed by atoms with van der Waals surface area (Å²) >= 11 is 3.38. The van der Waals surface area contributed by atoms with Gasteiger partial charge in [0.25, 0.3) is 5.56 Å². The van der Waals surface area contributed by atoms with Crippen LogP contribution in [0.2, 0.25) is 0 Å². The van der Waals surface area contributed by atoms with E-state index < -0.39 is 4.92 Å². The van der Waals surface area contributed by atoms with E-state index in [-0.39, 0.29) is 22.9 Å². The second-order valence-electron chi connectivity index (χ2n) is 6.72. The number of halogens is 1. The molecule has 1 heterocycles. The van der Waals surface area contributed by atoms with Gasteiger partial charge in [-0.2, -0.15) is 9.78 Å². The highest BCUT2D eigenvalue weighted by Crippen LogP contribution is 2.27. The highest BCUT2D eigenvalue weighted by atomic mass is 79.9. The summed E-state index contributed by atoms with van der Waals surface area (Å²) in [6.07, 6.45) is 2.19. The third kappa shape index (κ3) is 4.40. The van der Waals surface area contributed by atoms with E-state index in [4.69, 9.17) is 4.74 Å². The molecule has 3 rings (SSSR count). The minimum atomic E-state index is -0.506. The van der Waals surface area contributed by atoms with Crippen LogP contribution in [-0.4, -0.2) is 27.4 Å². The van der Waals surface area contributed by atoms with Gasteiger partial charge in [0.1, 0.15) is 5.82 Å². The number of nitro benzene ring substituents is 1. The molecule has 0 amide bonds. The van der Waals surface area contributed by atoms with Crippen LogP contribution in [-0.2, 0) is 0 Å². The van der Waals surface area contributed by atoms with Crippen LogP contribution in [0.3, 0.4) is 0 Å². The molecule has 30 heavy (non-hydrogen) atoms. The maximum Gasteiger partial charge on any atom is 0.311 e. The van der Waals surface area contributed by atoms with Crippen LogP contribution in [0.25, 0.3) is 10.9 Å². The number of rotatable bonds is 7. The van der Waals surface area contributed by atoms with Crippen molar-refractivity contribution in [1.29, 1.82) is 0 Å². The molecule has 1 atom stereocenters. The summed E-state index contributed by atoms with van der Waals surface area (Å²) in [5.41, 5.74) is 0.618. The zero-order chi connectivity index (χ0) is 21.8. The maximum atomic E-state index is 13.1. The quantitative estimate of drug-likeness (QED) is 0.277. The van der Waals surface area contributed by atoms with Gasteiger partial charge < -0.3 is 4.74 Å². The van der Waals surface area contributed by atoms with Gasteiger partial charge in [-0.1, -0.05) is 29.8 Å². The van der Waals surface area contributed by atoms with Crippen molar-refractivity contribution < 1.29 is 9.66 Å². The molecular formula is C21H21BrN4O4. The van der Waals surface area contributed by atoms with Crippen LogP contribution in [0.5, 0.6) is 5.75 Å². The number of hydrogen-bond donors (Lipinski definition) is 0. The monoisotopic (exact) mass is 472 g/mol. The molecule has 0 aliphatic carbocycles. The zero-order valence-electron chi connectivity index (χ0n) is 16.8. The van der Waals surface area contributed by atoms with Gasteiger partial charge in [0.2, 0.25) is 0 Å². The van der Waals surface area contributed by atoms with Crippen molar-refractivity contribution in [2.75, 3.05) is 6.61 Å². The smallest absolute Gasteiger partial charge is 0.311 e. The van der Waals surface area contributed by atoms with Gasteiger partial charge in [-0.05, 0) is 43.7 Å². The largest absolute Gasteiger partial charge is 0.487 e. The molecule has 0 saturated carbocycles. The third-order valence-corrected chi connectivity index (χ3v) is 5.18. The highest BCUT2D eigenvalue weighted by molar-refractivity contribution is 9.10. The number of nitro groups is 1. The summed E-state index contributed by atoms with van der Waals surface area (Å²) in [7, 11) is 0. The fourth-order valence-electron chi connectivity index (χ4n) is 2.94. The van der Waals surface area contributed by atoms with E-state index >= 15 is 0 Å². The van der Waals surface area contributed by atoms with Gasteiger partial charge in [-0.25, -0.2) is 4.98 Å². The standard InChI is InChI=1S/C21H21BrN4O4/c1-4-13(3)20-24-17-8-7-15(22)11-16(17)21(27)25(20)23-12-14-6-9-19(30-5-2)18(10-14)26(28)29/h6-13H,4-5H2,1-3H3/t13-/m1/s1. The van der Waals surface area contributed by atoms with Crippen molar-refractivity contribution in [2.45, 2.75) is 33.1 Å². The fraction of sp³-hybridized carbons (Fsp3) is 0.286. The molecule has 0 spiro atoms. The second-order valence-corrected chi connectivity index (χ2v) is 7.64. The Balaban J connectivity index is 2.13. The average molecular weight is 473 g/mol. The lowest BCUT2D eigenvalue weighted by Crippen LogP contribution is -2.23. The van der Waals surface area contributed by atoms with E-state index in [2.05, 4.69) is 26.0 Å². The molecule has 1 aromatic heterocycles. The second kappa shape index (κ2) is 9.17. The lowest BCUT2D eigenvalue weighted by Gasteiger charge is -2.14. The predicted molar refractivity (Wildman–Crippen MR) is 120 cm³/mol. The number of nitrogens with zero attached hydrogens (tertiary/aromatic N) is 4. The van der Waals surface area contributed by atoms with Gasteiger partial charge in [0.05, 0.1) is 28.6 Å². The molecule has 0 N–H and O–H groups in total. The minimum absolute atomic E-state index is 0.00226. The normalized spacial score (nSPS) is 12.4.